The number of rotatable bonds is 7. The Labute approximate surface area is 223 Å². The summed E-state index contributed by atoms with van der Waals surface area (Å²) in [5.74, 6) is 0.976. The van der Waals surface area contributed by atoms with Gasteiger partial charge in [0.05, 0.1) is 11.6 Å². The van der Waals surface area contributed by atoms with Crippen LogP contribution in [-0.4, -0.2) is 26.2 Å². The van der Waals surface area contributed by atoms with Crippen molar-refractivity contribution < 1.29 is 4.79 Å². The van der Waals surface area contributed by atoms with Gasteiger partial charge in [0.15, 0.2) is 5.82 Å². The predicted octanol–water partition coefficient (Wildman–Crippen LogP) is 5.93. The van der Waals surface area contributed by atoms with Gasteiger partial charge < -0.3 is 21.4 Å². The lowest BCUT2D eigenvalue weighted by molar-refractivity contribution is 0.236. The fourth-order valence-corrected chi connectivity index (χ4v) is 4.64. The van der Waals surface area contributed by atoms with Gasteiger partial charge in [0.25, 0.3) is 0 Å². The molecule has 5 aromatic rings. The van der Waals surface area contributed by atoms with Crippen LogP contribution in [0.2, 0.25) is 10.2 Å². The van der Waals surface area contributed by atoms with E-state index >= 15 is 0 Å². The van der Waals surface area contributed by atoms with E-state index in [1.165, 1.54) is 0 Å². The number of aromatic amines is 2. The Morgan fingerprint density at radius 2 is 1.89 bits per heavy atom. The van der Waals surface area contributed by atoms with Crippen molar-refractivity contribution in [3.8, 4) is 11.3 Å². The minimum atomic E-state index is -0.458. The van der Waals surface area contributed by atoms with Gasteiger partial charge in [-0.1, -0.05) is 65.7 Å². The van der Waals surface area contributed by atoms with Crippen LogP contribution in [0.5, 0.6) is 0 Å². The number of carbonyl (C=O) groups is 1. The number of nitrogens with zero attached hydrogens (tertiary/aromatic N) is 2. The average Bonchev–Trinajstić information content (AvgIpc) is 3.47. The molecule has 0 aliphatic rings. The number of nitrogen functional groups attached to an aromatic ring is 1. The topological polar surface area (TPSA) is 125 Å². The zero-order valence-electron chi connectivity index (χ0n) is 20.0. The highest BCUT2D eigenvalue weighted by molar-refractivity contribution is 6.32. The van der Waals surface area contributed by atoms with Gasteiger partial charge in [0, 0.05) is 22.5 Å². The largest absolute Gasteiger partial charge is 0.382 e. The predicted molar refractivity (Wildman–Crippen MR) is 148 cm³/mol. The first-order valence-corrected chi connectivity index (χ1v) is 12.5. The maximum absolute atomic E-state index is 12.9. The number of aryl methyl sites for hydroxylation is 1. The normalized spacial score (nSPS) is 12.0. The number of H-pyrrole nitrogens is 2. The lowest BCUT2D eigenvalue weighted by Crippen LogP contribution is -2.39. The summed E-state index contributed by atoms with van der Waals surface area (Å²) in [6.45, 7) is 2.32. The van der Waals surface area contributed by atoms with E-state index in [0.717, 1.165) is 33.2 Å². The van der Waals surface area contributed by atoms with E-state index in [1.54, 1.807) is 0 Å². The van der Waals surface area contributed by atoms with Gasteiger partial charge in [-0.05, 0) is 54.3 Å². The number of carbonyl (C=O) groups excluding carboxylic acids is 1. The van der Waals surface area contributed by atoms with Gasteiger partial charge in [-0.25, -0.2) is 9.78 Å². The van der Waals surface area contributed by atoms with Crippen LogP contribution in [0.3, 0.4) is 0 Å². The molecule has 6 N–H and O–H groups in total. The van der Waals surface area contributed by atoms with Gasteiger partial charge in [-0.15, -0.1) is 0 Å². The number of nitrogens with two attached hydrogens (primary N) is 1. The van der Waals surface area contributed by atoms with Crippen LogP contribution in [0.1, 0.15) is 28.6 Å². The van der Waals surface area contributed by atoms with E-state index in [-0.39, 0.29) is 6.03 Å². The highest BCUT2D eigenvalue weighted by atomic mass is 35.5. The molecule has 188 valence electrons. The summed E-state index contributed by atoms with van der Waals surface area (Å²) in [6, 6.07) is 20.3. The second-order valence-electron chi connectivity index (χ2n) is 8.79. The molecule has 0 bridgehead atoms. The number of hydrogen-bond acceptors (Lipinski definition) is 4. The number of halogens is 2. The number of benzene rings is 3. The second kappa shape index (κ2) is 10.5. The van der Waals surface area contributed by atoms with E-state index in [4.69, 9.17) is 33.9 Å². The Bertz CT molecular complexity index is 1560. The summed E-state index contributed by atoms with van der Waals surface area (Å²) in [7, 11) is 0. The van der Waals surface area contributed by atoms with Crippen molar-refractivity contribution in [2.75, 3.05) is 5.73 Å². The quantitative estimate of drug-likeness (QED) is 0.177. The van der Waals surface area contributed by atoms with Gasteiger partial charge >= 0.3 is 6.03 Å². The molecule has 0 radical (unpaired) electrons. The minimum Gasteiger partial charge on any atom is -0.382 e. The molecule has 0 spiro atoms. The summed E-state index contributed by atoms with van der Waals surface area (Å²) in [4.78, 5) is 20.9. The van der Waals surface area contributed by atoms with Gasteiger partial charge in [0.1, 0.15) is 16.7 Å². The average molecular weight is 534 g/mol. The first-order valence-electron chi connectivity index (χ1n) is 11.7. The maximum atomic E-state index is 12.9. The number of aromatic nitrogens is 4. The summed E-state index contributed by atoms with van der Waals surface area (Å²) in [5.41, 5.74) is 11.1. The molecule has 8 nitrogen and oxygen atoms in total. The summed E-state index contributed by atoms with van der Waals surface area (Å²) in [5, 5.41) is 14.7. The Morgan fingerprint density at radius 1 is 1.08 bits per heavy atom. The maximum Gasteiger partial charge on any atom is 0.315 e. The van der Waals surface area contributed by atoms with Gasteiger partial charge in [0.2, 0.25) is 0 Å². The first kappa shape index (κ1) is 24.7. The SMILES string of the molecule is Cc1ccc(Cl)cc1CNC(=O)NC(Cc1ccccc1)c1nc(-c2ccc3c(N)n[nH]c3c2)c(Cl)[nH]1. The smallest absolute Gasteiger partial charge is 0.315 e. The van der Waals surface area contributed by atoms with Crippen molar-refractivity contribution in [3.05, 3.63) is 99.4 Å². The van der Waals surface area contributed by atoms with E-state index < -0.39 is 6.04 Å². The van der Waals surface area contributed by atoms with Crippen LogP contribution in [-0.2, 0) is 13.0 Å². The molecule has 0 saturated heterocycles. The Balaban J connectivity index is 1.39. The number of fused-ring (bicyclic) bond motifs is 1. The molecule has 3 aromatic carbocycles. The first-order chi connectivity index (χ1) is 17.9. The van der Waals surface area contributed by atoms with E-state index in [2.05, 4.69) is 25.8 Å². The molecule has 0 aliphatic carbocycles. The molecule has 0 aliphatic heterocycles. The van der Waals surface area contributed by atoms with Crippen molar-refractivity contribution in [2.24, 2.45) is 0 Å². The lowest BCUT2D eigenvalue weighted by Gasteiger charge is -2.18. The van der Waals surface area contributed by atoms with Gasteiger partial charge in [-0.2, -0.15) is 5.10 Å². The van der Waals surface area contributed by atoms with Gasteiger partial charge in [-0.3, -0.25) is 5.10 Å². The summed E-state index contributed by atoms with van der Waals surface area (Å²) >= 11 is 12.7. The summed E-state index contributed by atoms with van der Waals surface area (Å²) < 4.78 is 0. The van der Waals surface area contributed by atoms with Crippen LogP contribution in [0.25, 0.3) is 22.2 Å². The number of amides is 2. The molecule has 10 heteroatoms. The van der Waals surface area contributed by atoms with Crippen molar-refractivity contribution in [1.82, 2.24) is 30.8 Å². The van der Waals surface area contributed by atoms with E-state index in [9.17, 15) is 4.79 Å². The second-order valence-corrected chi connectivity index (χ2v) is 9.61. The molecule has 0 fully saturated rings. The minimum absolute atomic E-state index is 0.330. The van der Waals surface area contributed by atoms with E-state index in [1.807, 2.05) is 73.7 Å². The molecule has 1 atom stereocenters. The fraction of sp³-hybridized carbons (Fsp3) is 0.148. The number of hydrogen-bond donors (Lipinski definition) is 5. The molecule has 37 heavy (non-hydrogen) atoms. The third-order valence-corrected chi connectivity index (χ3v) is 6.72. The molecule has 0 saturated carbocycles. The van der Waals surface area contributed by atoms with Crippen molar-refractivity contribution >= 4 is 46.0 Å². The fourth-order valence-electron chi connectivity index (χ4n) is 4.19. The highest BCUT2D eigenvalue weighted by Crippen LogP contribution is 2.31. The van der Waals surface area contributed by atoms with Crippen molar-refractivity contribution in [1.29, 1.82) is 0 Å². The number of nitrogens with one attached hydrogen (secondary N) is 4. The Hall–Kier alpha value is -4.01. The third-order valence-electron chi connectivity index (χ3n) is 6.21. The van der Waals surface area contributed by atoms with Crippen LogP contribution >= 0.6 is 23.2 Å². The molecule has 5 rings (SSSR count). The van der Waals surface area contributed by atoms with Crippen molar-refractivity contribution in [2.45, 2.75) is 25.9 Å². The van der Waals surface area contributed by atoms with Crippen LogP contribution in [0.15, 0.2) is 66.7 Å². The highest BCUT2D eigenvalue weighted by Gasteiger charge is 2.22. The lowest BCUT2D eigenvalue weighted by atomic mass is 10.1. The summed E-state index contributed by atoms with van der Waals surface area (Å²) in [6.07, 6.45) is 0.518. The van der Waals surface area contributed by atoms with Crippen molar-refractivity contribution in [3.63, 3.8) is 0 Å². The molecular formula is C27H25Cl2N7O. The Kier molecular flexibility index (Phi) is 7.03. The molecule has 1 unspecified atom stereocenters. The van der Waals surface area contributed by atoms with Crippen LogP contribution in [0.4, 0.5) is 10.6 Å². The van der Waals surface area contributed by atoms with E-state index in [0.29, 0.717) is 40.5 Å². The standard InChI is InChI=1S/C27H25Cl2N7O/c1-15-7-9-19(28)12-18(15)14-31-27(37)32-22(11-16-5-3-2-4-6-16)26-33-23(24(29)34-26)17-8-10-20-21(13-17)35-36-25(20)30/h2-10,12-13,22H,11,14H2,1H3,(H,33,34)(H3,30,35,36)(H2,31,32,37). The van der Waals surface area contributed by atoms with Crippen LogP contribution < -0.4 is 16.4 Å². The number of urea groups is 1. The molecule has 2 heterocycles. The Morgan fingerprint density at radius 3 is 2.70 bits per heavy atom. The molecule has 2 aromatic heterocycles. The third kappa shape index (κ3) is 5.55. The monoisotopic (exact) mass is 533 g/mol. The number of anilines is 1. The van der Waals surface area contributed by atoms with Crippen LogP contribution in [0, 0.1) is 6.92 Å². The zero-order valence-corrected chi connectivity index (χ0v) is 21.5. The number of imidazole rings is 1. The molecule has 2 amide bonds. The zero-order chi connectivity index (χ0) is 25.9. The molecular weight excluding hydrogens is 509 g/mol.